The van der Waals surface area contributed by atoms with Crippen molar-refractivity contribution in [2.24, 2.45) is 5.92 Å². The van der Waals surface area contributed by atoms with Gasteiger partial charge >= 0.3 is 0 Å². The molecule has 1 heterocycles. The van der Waals surface area contributed by atoms with E-state index in [0.29, 0.717) is 23.8 Å². The van der Waals surface area contributed by atoms with Crippen LogP contribution in [-0.2, 0) is 4.74 Å². The number of hydrogen-bond donors (Lipinski definition) is 2. The standard InChI is InChI=1S/C20H24N2O3/c1-14-18(9-10-19(22-14)16-5-3-2-4-6-16)20(24)21-11-17(23)13-25-12-15-7-8-15/h2-6,9-10,15,17,23H,7-8,11-13H2,1H3,(H,21,24). The van der Waals surface area contributed by atoms with Crippen molar-refractivity contribution in [1.82, 2.24) is 10.3 Å². The normalized spacial score (nSPS) is 15.0. The molecular weight excluding hydrogens is 316 g/mol. The number of nitrogens with one attached hydrogen (secondary N) is 1. The van der Waals surface area contributed by atoms with Crippen LogP contribution in [0.3, 0.4) is 0 Å². The summed E-state index contributed by atoms with van der Waals surface area (Å²) < 4.78 is 5.43. The predicted octanol–water partition coefficient (Wildman–Crippen LogP) is 2.57. The molecule has 5 nitrogen and oxygen atoms in total. The Kier molecular flexibility index (Phi) is 5.79. The molecule has 0 radical (unpaired) electrons. The number of carbonyl (C=O) groups excluding carboxylic acids is 1. The first kappa shape index (κ1) is 17.6. The smallest absolute Gasteiger partial charge is 0.253 e. The molecule has 132 valence electrons. The largest absolute Gasteiger partial charge is 0.389 e. The van der Waals surface area contributed by atoms with E-state index in [4.69, 9.17) is 4.74 Å². The van der Waals surface area contributed by atoms with Crippen molar-refractivity contribution >= 4 is 5.91 Å². The number of carbonyl (C=O) groups is 1. The Labute approximate surface area is 148 Å². The molecule has 0 saturated heterocycles. The highest BCUT2D eigenvalue weighted by Gasteiger charge is 2.21. The van der Waals surface area contributed by atoms with Gasteiger partial charge in [0.25, 0.3) is 5.91 Å². The quantitative estimate of drug-likeness (QED) is 0.775. The van der Waals surface area contributed by atoms with E-state index in [1.807, 2.05) is 43.3 Å². The molecule has 1 fully saturated rings. The average Bonchev–Trinajstić information content (AvgIpc) is 3.44. The van der Waals surface area contributed by atoms with E-state index < -0.39 is 6.10 Å². The minimum atomic E-state index is -0.695. The lowest BCUT2D eigenvalue weighted by atomic mass is 10.1. The fourth-order valence-corrected chi connectivity index (χ4v) is 2.59. The Bertz CT molecular complexity index is 714. The van der Waals surface area contributed by atoms with Gasteiger partial charge in [0.05, 0.1) is 29.7 Å². The van der Waals surface area contributed by atoms with Crippen LogP contribution >= 0.6 is 0 Å². The lowest BCUT2D eigenvalue weighted by molar-refractivity contribution is 0.0320. The van der Waals surface area contributed by atoms with Crippen molar-refractivity contribution in [1.29, 1.82) is 0 Å². The molecule has 5 heteroatoms. The molecule has 1 aromatic carbocycles. The minimum Gasteiger partial charge on any atom is -0.389 e. The number of amides is 1. The summed E-state index contributed by atoms with van der Waals surface area (Å²) in [5, 5.41) is 12.6. The number of hydrogen-bond acceptors (Lipinski definition) is 4. The Balaban J connectivity index is 1.52. The van der Waals surface area contributed by atoms with Gasteiger partial charge in [0.2, 0.25) is 0 Å². The van der Waals surface area contributed by atoms with E-state index in [9.17, 15) is 9.90 Å². The van der Waals surface area contributed by atoms with Crippen LogP contribution in [0.15, 0.2) is 42.5 Å². The highest BCUT2D eigenvalue weighted by molar-refractivity contribution is 5.95. The summed E-state index contributed by atoms with van der Waals surface area (Å²) in [7, 11) is 0. The van der Waals surface area contributed by atoms with Crippen LogP contribution in [0.4, 0.5) is 0 Å². The fraction of sp³-hybridized carbons (Fsp3) is 0.400. The second-order valence-electron chi connectivity index (χ2n) is 6.54. The predicted molar refractivity (Wildman–Crippen MR) is 96.3 cm³/mol. The summed E-state index contributed by atoms with van der Waals surface area (Å²) in [6.07, 6.45) is 1.75. The second-order valence-corrected chi connectivity index (χ2v) is 6.54. The summed E-state index contributed by atoms with van der Waals surface area (Å²) in [5.41, 5.74) is 3.04. The molecule has 1 aromatic heterocycles. The Hall–Kier alpha value is -2.24. The summed E-state index contributed by atoms with van der Waals surface area (Å²) in [6.45, 7) is 2.94. The summed E-state index contributed by atoms with van der Waals surface area (Å²) in [5.74, 6) is 0.435. The zero-order chi connectivity index (χ0) is 17.6. The van der Waals surface area contributed by atoms with Crippen molar-refractivity contribution in [3.8, 4) is 11.3 Å². The molecule has 2 N–H and O–H groups in total. The van der Waals surface area contributed by atoms with Crippen molar-refractivity contribution in [3.63, 3.8) is 0 Å². The maximum atomic E-state index is 12.3. The van der Waals surface area contributed by atoms with Crippen LogP contribution in [0.1, 0.15) is 28.9 Å². The molecule has 1 atom stereocenters. The van der Waals surface area contributed by atoms with Crippen LogP contribution in [0.5, 0.6) is 0 Å². The van der Waals surface area contributed by atoms with E-state index in [1.54, 1.807) is 6.07 Å². The van der Waals surface area contributed by atoms with Gasteiger partial charge in [0.15, 0.2) is 0 Å². The molecule has 25 heavy (non-hydrogen) atoms. The van der Waals surface area contributed by atoms with Crippen molar-refractivity contribution in [2.45, 2.75) is 25.9 Å². The molecule has 3 rings (SSSR count). The number of benzene rings is 1. The molecule has 1 amide bonds. The maximum absolute atomic E-state index is 12.3. The average molecular weight is 340 g/mol. The van der Waals surface area contributed by atoms with Gasteiger partial charge in [0.1, 0.15) is 0 Å². The highest BCUT2D eigenvalue weighted by Crippen LogP contribution is 2.28. The second kappa shape index (κ2) is 8.23. The number of rotatable bonds is 8. The molecular formula is C20H24N2O3. The molecule has 0 aliphatic heterocycles. The van der Waals surface area contributed by atoms with Crippen LogP contribution in [0.25, 0.3) is 11.3 Å². The molecule has 0 spiro atoms. The van der Waals surface area contributed by atoms with Crippen molar-refractivity contribution in [3.05, 3.63) is 53.7 Å². The topological polar surface area (TPSA) is 71.5 Å². The maximum Gasteiger partial charge on any atom is 0.253 e. The number of aromatic nitrogens is 1. The van der Waals surface area contributed by atoms with Gasteiger partial charge in [-0.2, -0.15) is 0 Å². The number of aryl methyl sites for hydroxylation is 1. The molecule has 1 saturated carbocycles. The number of pyridine rings is 1. The van der Waals surface area contributed by atoms with Gasteiger partial charge in [0, 0.05) is 18.7 Å². The number of aliphatic hydroxyl groups is 1. The first-order valence-corrected chi connectivity index (χ1v) is 8.70. The van der Waals surface area contributed by atoms with Gasteiger partial charge in [-0.1, -0.05) is 30.3 Å². The van der Waals surface area contributed by atoms with E-state index in [1.165, 1.54) is 12.8 Å². The molecule has 1 aliphatic carbocycles. The zero-order valence-corrected chi connectivity index (χ0v) is 14.4. The fourth-order valence-electron chi connectivity index (χ4n) is 2.59. The van der Waals surface area contributed by atoms with Crippen LogP contribution in [0.2, 0.25) is 0 Å². The van der Waals surface area contributed by atoms with Crippen LogP contribution in [-0.4, -0.2) is 41.9 Å². The third kappa shape index (κ3) is 5.11. The van der Waals surface area contributed by atoms with E-state index in [0.717, 1.165) is 11.3 Å². The first-order chi connectivity index (χ1) is 12.1. The third-order valence-electron chi connectivity index (χ3n) is 4.26. The Morgan fingerprint density at radius 1 is 1.28 bits per heavy atom. The summed E-state index contributed by atoms with van der Waals surface area (Å²) >= 11 is 0. The monoisotopic (exact) mass is 340 g/mol. The lowest BCUT2D eigenvalue weighted by Crippen LogP contribution is -2.35. The number of aliphatic hydroxyl groups excluding tert-OH is 1. The van der Waals surface area contributed by atoms with Crippen LogP contribution < -0.4 is 5.32 Å². The van der Waals surface area contributed by atoms with E-state index >= 15 is 0 Å². The van der Waals surface area contributed by atoms with E-state index in [-0.39, 0.29) is 19.1 Å². The van der Waals surface area contributed by atoms with Crippen molar-refractivity contribution in [2.75, 3.05) is 19.8 Å². The third-order valence-corrected chi connectivity index (χ3v) is 4.26. The summed E-state index contributed by atoms with van der Waals surface area (Å²) in [6, 6.07) is 13.5. The first-order valence-electron chi connectivity index (χ1n) is 8.70. The molecule has 1 aliphatic rings. The minimum absolute atomic E-state index is 0.170. The van der Waals surface area contributed by atoms with Gasteiger partial charge < -0.3 is 15.2 Å². The van der Waals surface area contributed by atoms with Gasteiger partial charge in [-0.25, -0.2) is 0 Å². The zero-order valence-electron chi connectivity index (χ0n) is 14.4. The van der Waals surface area contributed by atoms with Gasteiger partial charge in [-0.15, -0.1) is 0 Å². The van der Waals surface area contributed by atoms with Crippen LogP contribution in [0, 0.1) is 12.8 Å². The Morgan fingerprint density at radius 2 is 2.04 bits per heavy atom. The molecule has 1 unspecified atom stereocenters. The van der Waals surface area contributed by atoms with Gasteiger partial charge in [-0.05, 0) is 37.8 Å². The highest BCUT2D eigenvalue weighted by atomic mass is 16.5. The molecule has 0 bridgehead atoms. The molecule has 2 aromatic rings. The number of nitrogens with zero attached hydrogens (tertiary/aromatic N) is 1. The van der Waals surface area contributed by atoms with Crippen molar-refractivity contribution < 1.29 is 14.6 Å². The SMILES string of the molecule is Cc1nc(-c2ccccc2)ccc1C(=O)NCC(O)COCC1CC1. The summed E-state index contributed by atoms with van der Waals surface area (Å²) in [4.78, 5) is 16.8. The Morgan fingerprint density at radius 3 is 2.72 bits per heavy atom. The number of ether oxygens (including phenoxy) is 1. The van der Waals surface area contributed by atoms with E-state index in [2.05, 4.69) is 10.3 Å². The van der Waals surface area contributed by atoms with Gasteiger partial charge in [-0.3, -0.25) is 9.78 Å². The lowest BCUT2D eigenvalue weighted by Gasteiger charge is -2.13.